The number of rotatable bonds is 0. The minimum Gasteiger partial charge on any atom is -0.299 e. The van der Waals surface area contributed by atoms with Crippen molar-refractivity contribution in [1.82, 2.24) is 9.38 Å². The van der Waals surface area contributed by atoms with Gasteiger partial charge >= 0.3 is 0 Å². The van der Waals surface area contributed by atoms with Crippen LogP contribution >= 0.6 is 22.6 Å². The molecule has 0 unspecified atom stereocenters. The summed E-state index contributed by atoms with van der Waals surface area (Å²) in [6, 6.07) is 15.0. The van der Waals surface area contributed by atoms with E-state index in [0.29, 0.717) is 0 Å². The summed E-state index contributed by atoms with van der Waals surface area (Å²) in [6.45, 7) is 0. The summed E-state index contributed by atoms with van der Waals surface area (Å²) in [5.41, 5.74) is 2.24. The number of nitrogens with zero attached hydrogens (tertiary/aromatic N) is 2. The summed E-state index contributed by atoms with van der Waals surface area (Å²) in [5, 5.41) is 3.75. The third-order valence-electron chi connectivity index (χ3n) is 3.32. The Kier molecular flexibility index (Phi) is 2.11. The van der Waals surface area contributed by atoms with Crippen LogP contribution in [0.4, 0.5) is 0 Å². The second-order valence-electron chi connectivity index (χ2n) is 4.33. The van der Waals surface area contributed by atoms with E-state index in [-0.39, 0.29) is 0 Å². The standard InChI is InChI=1S/C15H9IN2/c16-10-5-6-12-11-3-1-2-4-13(11)15-17-7-8-18(15)14(12)9-10/h1-9H. The lowest BCUT2D eigenvalue weighted by atomic mass is 10.1. The van der Waals surface area contributed by atoms with Gasteiger partial charge in [-0.25, -0.2) is 4.98 Å². The molecule has 0 bridgehead atoms. The molecule has 0 aliphatic heterocycles. The molecule has 3 heteroatoms. The fourth-order valence-corrected chi connectivity index (χ4v) is 3.02. The van der Waals surface area contributed by atoms with Gasteiger partial charge in [-0.05, 0) is 40.1 Å². The van der Waals surface area contributed by atoms with E-state index in [0.717, 1.165) is 5.65 Å². The molecule has 4 rings (SSSR count). The van der Waals surface area contributed by atoms with Gasteiger partial charge < -0.3 is 0 Å². The Morgan fingerprint density at radius 3 is 2.67 bits per heavy atom. The van der Waals surface area contributed by atoms with Crippen molar-refractivity contribution < 1.29 is 0 Å². The number of hydrogen-bond acceptors (Lipinski definition) is 1. The Hall–Kier alpha value is -1.62. The van der Waals surface area contributed by atoms with Crippen LogP contribution in [0, 0.1) is 3.57 Å². The molecule has 4 aromatic rings. The molecular formula is C15H9IN2. The molecule has 0 N–H and O–H groups in total. The smallest absolute Gasteiger partial charge is 0.145 e. The Morgan fingerprint density at radius 1 is 0.944 bits per heavy atom. The molecule has 0 saturated heterocycles. The fourth-order valence-electron chi connectivity index (χ4n) is 2.54. The van der Waals surface area contributed by atoms with Crippen molar-refractivity contribution in [2.45, 2.75) is 0 Å². The Labute approximate surface area is 117 Å². The van der Waals surface area contributed by atoms with Gasteiger partial charge in [-0.3, -0.25) is 4.40 Å². The van der Waals surface area contributed by atoms with Gasteiger partial charge in [0, 0.05) is 26.7 Å². The number of pyridine rings is 1. The topological polar surface area (TPSA) is 17.3 Å². The van der Waals surface area contributed by atoms with Gasteiger partial charge in [0.05, 0.1) is 5.52 Å². The molecule has 18 heavy (non-hydrogen) atoms. The maximum absolute atomic E-state index is 4.49. The van der Waals surface area contributed by atoms with Crippen molar-refractivity contribution in [2.24, 2.45) is 0 Å². The summed E-state index contributed by atoms with van der Waals surface area (Å²) < 4.78 is 3.41. The SMILES string of the molecule is Ic1ccc2c3ccccc3c3nccn3c2c1. The van der Waals surface area contributed by atoms with Gasteiger partial charge in [0.1, 0.15) is 5.65 Å². The van der Waals surface area contributed by atoms with Crippen LogP contribution in [-0.2, 0) is 0 Å². The monoisotopic (exact) mass is 344 g/mol. The molecule has 86 valence electrons. The van der Waals surface area contributed by atoms with Gasteiger partial charge in [0.25, 0.3) is 0 Å². The first-order valence-electron chi connectivity index (χ1n) is 5.77. The zero-order chi connectivity index (χ0) is 12.1. The highest BCUT2D eigenvalue weighted by Gasteiger charge is 2.08. The van der Waals surface area contributed by atoms with Crippen molar-refractivity contribution in [1.29, 1.82) is 0 Å². The predicted molar refractivity (Wildman–Crippen MR) is 82.9 cm³/mol. The van der Waals surface area contributed by atoms with Crippen LogP contribution < -0.4 is 0 Å². The molecule has 2 nitrogen and oxygen atoms in total. The van der Waals surface area contributed by atoms with E-state index in [9.17, 15) is 0 Å². The molecule has 0 atom stereocenters. The van der Waals surface area contributed by atoms with Crippen LogP contribution in [0.15, 0.2) is 54.9 Å². The first-order chi connectivity index (χ1) is 8.84. The maximum atomic E-state index is 4.49. The van der Waals surface area contributed by atoms with Crippen molar-refractivity contribution in [2.75, 3.05) is 0 Å². The van der Waals surface area contributed by atoms with Gasteiger partial charge in [0.15, 0.2) is 0 Å². The second kappa shape index (κ2) is 3.68. The molecule has 2 aromatic carbocycles. The van der Waals surface area contributed by atoms with Crippen LogP contribution in [0.3, 0.4) is 0 Å². The van der Waals surface area contributed by atoms with E-state index < -0.39 is 0 Å². The third-order valence-corrected chi connectivity index (χ3v) is 3.99. The van der Waals surface area contributed by atoms with E-state index in [4.69, 9.17) is 0 Å². The molecule has 2 heterocycles. The molecular weight excluding hydrogens is 335 g/mol. The Balaban J connectivity index is 2.44. The highest BCUT2D eigenvalue weighted by atomic mass is 127. The predicted octanol–water partition coefficient (Wildman–Crippen LogP) is 4.25. The van der Waals surface area contributed by atoms with Crippen molar-refractivity contribution >= 4 is 49.9 Å². The lowest BCUT2D eigenvalue weighted by Gasteiger charge is -2.08. The maximum Gasteiger partial charge on any atom is 0.145 e. The number of hydrogen-bond donors (Lipinski definition) is 0. The molecule has 0 saturated carbocycles. The van der Waals surface area contributed by atoms with E-state index in [1.807, 2.05) is 12.4 Å². The van der Waals surface area contributed by atoms with E-state index in [2.05, 4.69) is 74.4 Å². The van der Waals surface area contributed by atoms with Crippen molar-refractivity contribution in [3.8, 4) is 0 Å². The van der Waals surface area contributed by atoms with Gasteiger partial charge in [-0.2, -0.15) is 0 Å². The van der Waals surface area contributed by atoms with Gasteiger partial charge in [0.2, 0.25) is 0 Å². The fraction of sp³-hybridized carbons (Fsp3) is 0. The normalized spacial score (nSPS) is 11.6. The van der Waals surface area contributed by atoms with Crippen LogP contribution in [0.5, 0.6) is 0 Å². The average Bonchev–Trinajstić information content (AvgIpc) is 2.88. The lowest BCUT2D eigenvalue weighted by molar-refractivity contribution is 1.27. The largest absolute Gasteiger partial charge is 0.299 e. The quantitative estimate of drug-likeness (QED) is 0.344. The number of fused-ring (bicyclic) bond motifs is 6. The molecule has 0 aliphatic carbocycles. The summed E-state index contributed by atoms with van der Waals surface area (Å²) in [4.78, 5) is 4.49. The van der Waals surface area contributed by atoms with Crippen LogP contribution in [0.25, 0.3) is 27.3 Å². The van der Waals surface area contributed by atoms with Gasteiger partial charge in [-0.15, -0.1) is 0 Å². The minimum atomic E-state index is 1.03. The van der Waals surface area contributed by atoms with Gasteiger partial charge in [-0.1, -0.05) is 30.3 Å². The third kappa shape index (κ3) is 1.31. The molecule has 2 aromatic heterocycles. The average molecular weight is 344 g/mol. The Morgan fingerprint density at radius 2 is 1.78 bits per heavy atom. The molecule has 0 spiro atoms. The zero-order valence-corrected chi connectivity index (χ0v) is 11.6. The lowest BCUT2D eigenvalue weighted by Crippen LogP contribution is -1.90. The first kappa shape index (κ1) is 10.3. The minimum absolute atomic E-state index is 1.03. The second-order valence-corrected chi connectivity index (χ2v) is 5.57. The van der Waals surface area contributed by atoms with Crippen LogP contribution in [0.1, 0.15) is 0 Å². The number of imidazole rings is 1. The van der Waals surface area contributed by atoms with Crippen LogP contribution in [-0.4, -0.2) is 9.38 Å². The van der Waals surface area contributed by atoms with Crippen molar-refractivity contribution in [3.05, 3.63) is 58.4 Å². The number of halogens is 1. The number of aromatic nitrogens is 2. The highest BCUT2D eigenvalue weighted by Crippen LogP contribution is 2.29. The summed E-state index contributed by atoms with van der Waals surface area (Å²) in [7, 11) is 0. The highest BCUT2D eigenvalue weighted by molar-refractivity contribution is 14.1. The molecule has 0 fully saturated rings. The van der Waals surface area contributed by atoms with Crippen molar-refractivity contribution in [3.63, 3.8) is 0 Å². The molecule has 0 amide bonds. The zero-order valence-electron chi connectivity index (χ0n) is 9.47. The van der Waals surface area contributed by atoms with E-state index in [1.165, 1.54) is 25.2 Å². The van der Waals surface area contributed by atoms with E-state index >= 15 is 0 Å². The summed E-state index contributed by atoms with van der Waals surface area (Å²) in [5.74, 6) is 0. The summed E-state index contributed by atoms with van der Waals surface area (Å²) in [6.07, 6.45) is 3.89. The molecule has 0 radical (unpaired) electrons. The summed E-state index contributed by atoms with van der Waals surface area (Å²) >= 11 is 2.35. The Bertz CT molecular complexity index is 893. The first-order valence-corrected chi connectivity index (χ1v) is 6.85. The van der Waals surface area contributed by atoms with Crippen LogP contribution in [0.2, 0.25) is 0 Å². The van der Waals surface area contributed by atoms with E-state index in [1.54, 1.807) is 0 Å². The molecule has 0 aliphatic rings. The number of benzene rings is 2.